The molecule has 4 rings (SSSR count). The molecule has 1 saturated heterocycles. The van der Waals surface area contributed by atoms with Gasteiger partial charge in [-0.2, -0.15) is 18.2 Å². The molecule has 2 aromatic rings. The second kappa shape index (κ2) is 9.22. The Hall–Kier alpha value is -4.01. The molecule has 0 unspecified atom stereocenters. The summed E-state index contributed by atoms with van der Waals surface area (Å²) in [7, 11) is 0. The molecule has 0 spiro atoms. The number of likely N-dealkylation sites (tertiary alicyclic amines) is 1. The minimum absolute atomic E-state index is 0.0233. The first-order chi connectivity index (χ1) is 16.9. The summed E-state index contributed by atoms with van der Waals surface area (Å²) in [5.41, 5.74) is 2.72. The number of hydrazine groups is 1. The van der Waals surface area contributed by atoms with Gasteiger partial charge in [0.15, 0.2) is 5.67 Å². The highest BCUT2D eigenvalue weighted by Gasteiger charge is 2.40. The third kappa shape index (κ3) is 4.73. The molecule has 2 aliphatic heterocycles. The van der Waals surface area contributed by atoms with E-state index in [-0.39, 0.29) is 65.9 Å². The molecule has 1 aromatic carbocycles. The zero-order valence-corrected chi connectivity index (χ0v) is 19.5. The Kier molecular flexibility index (Phi) is 6.43. The van der Waals surface area contributed by atoms with Gasteiger partial charge in [-0.25, -0.2) is 9.18 Å². The van der Waals surface area contributed by atoms with Crippen LogP contribution in [0.5, 0.6) is 0 Å². The monoisotopic (exact) mass is 504 g/mol. The van der Waals surface area contributed by atoms with E-state index in [1.807, 2.05) is 0 Å². The van der Waals surface area contributed by atoms with Crippen molar-refractivity contribution in [1.29, 1.82) is 0 Å². The van der Waals surface area contributed by atoms with E-state index in [0.29, 0.717) is 0 Å². The number of benzene rings is 1. The van der Waals surface area contributed by atoms with Gasteiger partial charge in [0.2, 0.25) is 5.91 Å². The number of aromatic amines is 1. The lowest BCUT2D eigenvalue weighted by Crippen LogP contribution is -2.48. The number of allylic oxidation sites excluding steroid dienone is 1. The van der Waals surface area contributed by atoms with Gasteiger partial charge in [-0.05, 0) is 30.2 Å². The number of piperidine rings is 1. The largest absolute Gasteiger partial charge is 0.416 e. The molecule has 0 bridgehead atoms. The first kappa shape index (κ1) is 25.1. The summed E-state index contributed by atoms with van der Waals surface area (Å²) in [5.74, 6) is 2.44. The predicted molar refractivity (Wildman–Crippen MR) is 126 cm³/mol. The van der Waals surface area contributed by atoms with Gasteiger partial charge in [0.25, 0.3) is 0 Å². The maximum atomic E-state index is 15.8. The van der Waals surface area contributed by atoms with Gasteiger partial charge >= 0.3 is 11.9 Å². The van der Waals surface area contributed by atoms with Crippen molar-refractivity contribution < 1.29 is 22.4 Å². The van der Waals surface area contributed by atoms with Crippen LogP contribution in [0, 0.1) is 19.3 Å². The van der Waals surface area contributed by atoms with Crippen molar-refractivity contribution in [2.45, 2.75) is 44.6 Å². The van der Waals surface area contributed by atoms with Crippen molar-refractivity contribution in [2.75, 3.05) is 23.8 Å². The maximum Gasteiger partial charge on any atom is 0.416 e. The number of hydrogen-bond acceptors (Lipinski definition) is 6. The number of carbonyl (C=O) groups excluding carboxylic acids is 1. The van der Waals surface area contributed by atoms with Gasteiger partial charge in [-0.1, -0.05) is 18.1 Å². The second-order valence-corrected chi connectivity index (χ2v) is 8.72. The minimum atomic E-state index is -4.57. The Balaban J connectivity index is 1.69. The summed E-state index contributed by atoms with van der Waals surface area (Å²) in [6, 6.07) is 2.61. The normalized spacial score (nSPS) is 17.6. The number of fused-ring (bicyclic) bond motifs is 1. The van der Waals surface area contributed by atoms with Crippen LogP contribution in [0.25, 0.3) is 6.08 Å². The SMILES string of the molecule is C#C[C@@H](Nc1nc(=O)[nH]c2c1C=C(C1(F)CCN(C(C)=O)CC1)NN2)c1cccc(C(F)(F)F)c1C. The molecular formula is C24H24F4N6O2. The van der Waals surface area contributed by atoms with Gasteiger partial charge < -0.3 is 15.6 Å². The van der Waals surface area contributed by atoms with Crippen LogP contribution < -0.4 is 21.9 Å². The van der Waals surface area contributed by atoms with E-state index in [4.69, 9.17) is 6.42 Å². The van der Waals surface area contributed by atoms with Crippen molar-refractivity contribution in [3.05, 3.63) is 56.6 Å². The lowest BCUT2D eigenvalue weighted by molar-refractivity contribution is -0.138. The molecular weight excluding hydrogens is 480 g/mol. The Labute approximate surface area is 204 Å². The average Bonchev–Trinajstić information content (AvgIpc) is 2.82. The fourth-order valence-corrected chi connectivity index (χ4v) is 4.45. The van der Waals surface area contributed by atoms with Crippen LogP contribution in [0.4, 0.5) is 29.2 Å². The van der Waals surface area contributed by atoms with E-state index in [0.717, 1.165) is 6.07 Å². The van der Waals surface area contributed by atoms with Crippen molar-refractivity contribution in [2.24, 2.45) is 0 Å². The minimum Gasteiger partial charge on any atom is -0.352 e. The Morgan fingerprint density at radius 1 is 1.28 bits per heavy atom. The number of rotatable bonds is 4. The summed E-state index contributed by atoms with van der Waals surface area (Å²) in [6.45, 7) is 3.21. The number of carbonyl (C=O) groups is 1. The maximum absolute atomic E-state index is 15.8. The van der Waals surface area contributed by atoms with Crippen molar-refractivity contribution in [3.63, 3.8) is 0 Å². The van der Waals surface area contributed by atoms with Crippen LogP contribution in [0.15, 0.2) is 28.7 Å². The second-order valence-electron chi connectivity index (χ2n) is 8.72. The zero-order valence-electron chi connectivity index (χ0n) is 19.5. The number of nitrogens with one attached hydrogen (secondary N) is 4. The molecule has 8 nitrogen and oxygen atoms in total. The van der Waals surface area contributed by atoms with E-state index >= 15 is 4.39 Å². The van der Waals surface area contributed by atoms with Crippen molar-refractivity contribution >= 4 is 23.6 Å². The van der Waals surface area contributed by atoms with E-state index in [2.05, 4.69) is 32.1 Å². The summed E-state index contributed by atoms with van der Waals surface area (Å²) in [6.07, 6.45) is 2.66. The molecule has 1 fully saturated rings. The molecule has 190 valence electrons. The Morgan fingerprint density at radius 2 is 1.97 bits per heavy atom. The Morgan fingerprint density at radius 3 is 2.58 bits per heavy atom. The highest BCUT2D eigenvalue weighted by molar-refractivity contribution is 5.77. The number of halogens is 4. The summed E-state index contributed by atoms with van der Waals surface area (Å²) in [4.78, 5) is 31.7. The van der Waals surface area contributed by atoms with Crippen molar-refractivity contribution in [1.82, 2.24) is 20.3 Å². The van der Waals surface area contributed by atoms with E-state index in [9.17, 15) is 22.8 Å². The van der Waals surface area contributed by atoms with Crippen LogP contribution in [-0.4, -0.2) is 39.5 Å². The standard InChI is InChI=1S/C24H24F4N6O2/c1-4-18(15-6-5-7-17(13(15)2)24(26,27)28)29-20-16-12-19(32-33-21(16)31-22(36)30-20)23(25)8-10-34(11-9-23)14(3)35/h1,5-7,12,18,32H,8-11H2,2-3H3,(H3,29,30,31,33,36)/t18-/m1/s1. The van der Waals surface area contributed by atoms with Gasteiger partial charge in [-0.3, -0.25) is 15.2 Å². The first-order valence-electron chi connectivity index (χ1n) is 11.2. The van der Waals surface area contributed by atoms with Gasteiger partial charge in [0, 0.05) is 32.9 Å². The van der Waals surface area contributed by atoms with E-state index in [1.165, 1.54) is 32.1 Å². The molecule has 36 heavy (non-hydrogen) atoms. The third-order valence-corrected chi connectivity index (χ3v) is 6.50. The number of alkyl halides is 4. The quantitative estimate of drug-likeness (QED) is 0.376. The summed E-state index contributed by atoms with van der Waals surface area (Å²) in [5, 5.41) is 2.87. The van der Waals surface area contributed by atoms with Crippen LogP contribution in [0.2, 0.25) is 0 Å². The molecule has 1 amide bonds. The molecule has 1 atom stereocenters. The number of nitrogens with zero attached hydrogens (tertiary/aromatic N) is 2. The van der Waals surface area contributed by atoms with Gasteiger partial charge in [0.1, 0.15) is 17.7 Å². The van der Waals surface area contributed by atoms with Gasteiger partial charge in [-0.15, -0.1) is 6.42 Å². The number of terminal acetylenes is 1. The topological polar surface area (TPSA) is 102 Å². The number of H-pyrrole nitrogens is 1. The molecule has 2 aliphatic rings. The third-order valence-electron chi connectivity index (χ3n) is 6.50. The molecule has 3 heterocycles. The highest BCUT2D eigenvalue weighted by Crippen LogP contribution is 2.38. The van der Waals surface area contributed by atoms with Crippen LogP contribution in [0.3, 0.4) is 0 Å². The Bertz CT molecular complexity index is 1320. The smallest absolute Gasteiger partial charge is 0.352 e. The number of amides is 1. The molecule has 0 aliphatic carbocycles. The van der Waals surface area contributed by atoms with E-state index < -0.39 is 29.1 Å². The lowest BCUT2D eigenvalue weighted by atomic mass is 9.88. The number of aromatic nitrogens is 2. The fourth-order valence-electron chi connectivity index (χ4n) is 4.45. The molecule has 0 radical (unpaired) electrons. The van der Waals surface area contributed by atoms with Crippen LogP contribution >= 0.6 is 0 Å². The molecule has 4 N–H and O–H groups in total. The summed E-state index contributed by atoms with van der Waals surface area (Å²) < 4.78 is 56.1. The predicted octanol–water partition coefficient (Wildman–Crippen LogP) is 3.51. The molecule has 0 saturated carbocycles. The fraction of sp³-hybridized carbons (Fsp3) is 0.375. The van der Waals surface area contributed by atoms with Gasteiger partial charge in [0.05, 0.1) is 16.8 Å². The van der Waals surface area contributed by atoms with E-state index in [1.54, 1.807) is 4.90 Å². The molecule has 12 heteroatoms. The first-order valence-corrected chi connectivity index (χ1v) is 11.2. The molecule has 1 aromatic heterocycles. The zero-order chi connectivity index (χ0) is 26.3. The number of hydrogen-bond donors (Lipinski definition) is 4. The summed E-state index contributed by atoms with van der Waals surface area (Å²) >= 11 is 0. The number of anilines is 2. The lowest BCUT2D eigenvalue weighted by Gasteiger charge is -2.38. The average molecular weight is 504 g/mol. The highest BCUT2D eigenvalue weighted by atomic mass is 19.4. The van der Waals surface area contributed by atoms with Crippen LogP contribution in [0.1, 0.15) is 48.1 Å². The van der Waals surface area contributed by atoms with Crippen LogP contribution in [-0.2, 0) is 11.0 Å². The van der Waals surface area contributed by atoms with Crippen molar-refractivity contribution in [3.8, 4) is 12.3 Å².